The number of hydrogen-bond donors (Lipinski definition) is 1. The Morgan fingerprint density at radius 1 is 1.21 bits per heavy atom. The zero-order valence-corrected chi connectivity index (χ0v) is 17.1. The summed E-state index contributed by atoms with van der Waals surface area (Å²) >= 11 is 4.65. The molecule has 0 saturated heterocycles. The molecule has 2 aromatic carbocycles. The van der Waals surface area contributed by atoms with Gasteiger partial charge >= 0.3 is 5.97 Å². The fraction of sp³-hybridized carbons (Fsp3) is 0.143. The predicted molar refractivity (Wildman–Crippen MR) is 112 cm³/mol. The van der Waals surface area contributed by atoms with Gasteiger partial charge in [-0.1, -0.05) is 46.3 Å². The topological polar surface area (TPSA) is 66.8 Å². The average Bonchev–Trinajstić information content (AvgIpc) is 3.14. The molecule has 4 rings (SSSR count). The Balaban J connectivity index is 1.72. The van der Waals surface area contributed by atoms with E-state index >= 15 is 0 Å². The molecular formula is C21H16BrNO4S. The van der Waals surface area contributed by atoms with Crippen LogP contribution in [0, 0.1) is 0 Å². The standard InChI is InChI=1S/C21H16BrNO4S/c22-15-7-5-13(6-8-15)17-11-28-20(19(17)21(25)26)23(12-24)16-9-14-3-1-2-4-18(14)27-10-16/h1-8,11-12,16H,9-10H2,(H,25,26). The summed E-state index contributed by atoms with van der Waals surface area (Å²) in [4.78, 5) is 25.5. The zero-order valence-electron chi connectivity index (χ0n) is 14.7. The number of carboxylic acid groups (broad SMARTS) is 1. The van der Waals surface area contributed by atoms with Crippen molar-refractivity contribution in [3.05, 3.63) is 69.5 Å². The van der Waals surface area contributed by atoms with Gasteiger partial charge in [0, 0.05) is 21.8 Å². The van der Waals surface area contributed by atoms with E-state index in [0.717, 1.165) is 21.3 Å². The van der Waals surface area contributed by atoms with E-state index in [-0.39, 0.29) is 11.6 Å². The number of para-hydroxylation sites is 1. The van der Waals surface area contributed by atoms with Crippen LogP contribution < -0.4 is 9.64 Å². The quantitative estimate of drug-likeness (QED) is 0.556. The van der Waals surface area contributed by atoms with Gasteiger partial charge in [0.2, 0.25) is 6.41 Å². The number of carbonyl (C=O) groups is 2. The van der Waals surface area contributed by atoms with Gasteiger partial charge in [0.1, 0.15) is 22.9 Å². The second kappa shape index (κ2) is 7.77. The number of rotatable bonds is 5. The molecule has 0 radical (unpaired) electrons. The van der Waals surface area contributed by atoms with Crippen molar-refractivity contribution >= 4 is 44.6 Å². The SMILES string of the molecule is O=CN(c1scc(-c2ccc(Br)cc2)c1C(=O)O)C1COc2ccccc2C1. The Bertz CT molecular complexity index is 1030. The van der Waals surface area contributed by atoms with Crippen LogP contribution in [0.1, 0.15) is 15.9 Å². The van der Waals surface area contributed by atoms with Gasteiger partial charge in [-0.15, -0.1) is 11.3 Å². The van der Waals surface area contributed by atoms with Crippen LogP contribution in [0.4, 0.5) is 5.00 Å². The summed E-state index contributed by atoms with van der Waals surface area (Å²) in [5.41, 5.74) is 2.54. The number of halogens is 1. The van der Waals surface area contributed by atoms with Crippen LogP contribution in [0.25, 0.3) is 11.1 Å². The summed E-state index contributed by atoms with van der Waals surface area (Å²) < 4.78 is 6.71. The Morgan fingerprint density at radius 2 is 1.96 bits per heavy atom. The van der Waals surface area contributed by atoms with E-state index in [9.17, 15) is 14.7 Å². The molecule has 0 bridgehead atoms. The largest absolute Gasteiger partial charge is 0.491 e. The third kappa shape index (κ3) is 3.43. The molecule has 1 unspecified atom stereocenters. The van der Waals surface area contributed by atoms with E-state index in [1.165, 1.54) is 16.2 Å². The smallest absolute Gasteiger partial charge is 0.339 e. The summed E-state index contributed by atoms with van der Waals surface area (Å²) in [5.74, 6) is -0.247. The van der Waals surface area contributed by atoms with E-state index in [4.69, 9.17) is 4.74 Å². The molecule has 0 spiro atoms. The van der Waals surface area contributed by atoms with Gasteiger partial charge in [-0.3, -0.25) is 9.69 Å². The van der Waals surface area contributed by atoms with Crippen molar-refractivity contribution in [1.82, 2.24) is 0 Å². The third-order valence-corrected chi connectivity index (χ3v) is 6.26. The van der Waals surface area contributed by atoms with Crippen LogP contribution >= 0.6 is 27.3 Å². The average molecular weight is 458 g/mol. The minimum Gasteiger partial charge on any atom is -0.491 e. The fourth-order valence-corrected chi connectivity index (χ4v) is 4.75. The number of hydrogen-bond acceptors (Lipinski definition) is 4. The molecule has 1 aliphatic rings. The number of aromatic carboxylic acids is 1. The van der Waals surface area contributed by atoms with Gasteiger partial charge in [0.05, 0.1) is 6.04 Å². The normalized spacial score (nSPS) is 15.4. The first-order valence-corrected chi connectivity index (χ1v) is 10.3. The Hall–Kier alpha value is -2.64. The number of nitrogens with zero attached hydrogens (tertiary/aromatic N) is 1. The van der Waals surface area contributed by atoms with Crippen LogP contribution in [0.15, 0.2) is 58.4 Å². The maximum Gasteiger partial charge on any atom is 0.339 e. The van der Waals surface area contributed by atoms with Crippen molar-refractivity contribution < 1.29 is 19.4 Å². The van der Waals surface area contributed by atoms with Gasteiger partial charge in [0.15, 0.2) is 0 Å². The summed E-state index contributed by atoms with van der Waals surface area (Å²) in [6, 6.07) is 14.9. The lowest BCUT2D eigenvalue weighted by Gasteiger charge is -2.32. The highest BCUT2D eigenvalue weighted by Gasteiger charge is 2.31. The van der Waals surface area contributed by atoms with Crippen molar-refractivity contribution in [3.8, 4) is 16.9 Å². The van der Waals surface area contributed by atoms with Crippen molar-refractivity contribution in [3.63, 3.8) is 0 Å². The lowest BCUT2D eigenvalue weighted by molar-refractivity contribution is -0.108. The number of ether oxygens (including phenoxy) is 1. The van der Waals surface area contributed by atoms with E-state index in [2.05, 4.69) is 15.9 Å². The van der Waals surface area contributed by atoms with Gasteiger partial charge in [-0.05, 0) is 29.3 Å². The third-order valence-electron chi connectivity index (χ3n) is 4.74. The molecule has 28 heavy (non-hydrogen) atoms. The van der Waals surface area contributed by atoms with Crippen molar-refractivity contribution in [2.24, 2.45) is 0 Å². The molecule has 1 aliphatic heterocycles. The maximum absolute atomic E-state index is 12.1. The molecule has 7 heteroatoms. The van der Waals surface area contributed by atoms with Gasteiger partial charge in [-0.2, -0.15) is 0 Å². The molecular weight excluding hydrogens is 442 g/mol. The summed E-state index contributed by atoms with van der Waals surface area (Å²) in [5, 5.41) is 12.1. The maximum atomic E-state index is 12.1. The second-order valence-corrected chi connectivity index (χ2v) is 8.20. The Kier molecular flexibility index (Phi) is 5.19. The van der Waals surface area contributed by atoms with Gasteiger partial charge < -0.3 is 9.84 Å². The highest BCUT2D eigenvalue weighted by molar-refractivity contribution is 9.10. The number of benzene rings is 2. The number of thiophene rings is 1. The number of anilines is 1. The van der Waals surface area contributed by atoms with Crippen LogP contribution in [0.3, 0.4) is 0 Å². The van der Waals surface area contributed by atoms with E-state index in [1.54, 1.807) is 5.38 Å². The highest BCUT2D eigenvalue weighted by atomic mass is 79.9. The fourth-order valence-electron chi connectivity index (χ4n) is 3.38. The van der Waals surface area contributed by atoms with Crippen LogP contribution in [-0.2, 0) is 11.2 Å². The lowest BCUT2D eigenvalue weighted by Crippen LogP contribution is -2.42. The number of fused-ring (bicyclic) bond motifs is 1. The first-order chi connectivity index (χ1) is 13.6. The Labute approximate surface area is 174 Å². The van der Waals surface area contributed by atoms with E-state index < -0.39 is 5.97 Å². The molecule has 142 valence electrons. The predicted octanol–water partition coefficient (Wildman–Crippen LogP) is 4.84. The number of carbonyl (C=O) groups excluding carboxylic acids is 1. The second-order valence-electron chi connectivity index (χ2n) is 6.43. The molecule has 0 saturated carbocycles. The molecule has 1 atom stereocenters. The van der Waals surface area contributed by atoms with Crippen LogP contribution in [-0.4, -0.2) is 30.1 Å². The molecule has 1 amide bonds. The molecule has 2 heterocycles. The van der Waals surface area contributed by atoms with Gasteiger partial charge in [0.25, 0.3) is 0 Å². The molecule has 1 aromatic heterocycles. The molecule has 1 N–H and O–H groups in total. The monoisotopic (exact) mass is 457 g/mol. The minimum absolute atomic E-state index is 0.137. The van der Waals surface area contributed by atoms with Crippen molar-refractivity contribution in [1.29, 1.82) is 0 Å². The van der Waals surface area contributed by atoms with Crippen LogP contribution in [0.5, 0.6) is 5.75 Å². The van der Waals surface area contributed by atoms with Crippen LogP contribution in [0.2, 0.25) is 0 Å². The molecule has 5 nitrogen and oxygen atoms in total. The summed E-state index contributed by atoms with van der Waals surface area (Å²) in [6.45, 7) is 0.320. The lowest BCUT2D eigenvalue weighted by atomic mass is 10.0. The molecule has 0 aliphatic carbocycles. The van der Waals surface area contributed by atoms with E-state index in [1.807, 2.05) is 48.5 Å². The number of amides is 1. The molecule has 0 fully saturated rings. The summed E-state index contributed by atoms with van der Waals surface area (Å²) in [7, 11) is 0. The Morgan fingerprint density at radius 3 is 2.68 bits per heavy atom. The minimum atomic E-state index is -1.06. The highest BCUT2D eigenvalue weighted by Crippen LogP contribution is 2.39. The zero-order chi connectivity index (χ0) is 19.7. The van der Waals surface area contributed by atoms with E-state index in [0.29, 0.717) is 30.0 Å². The van der Waals surface area contributed by atoms with Gasteiger partial charge in [-0.25, -0.2) is 4.79 Å². The number of carboxylic acids is 1. The first kappa shape index (κ1) is 18.7. The molecule has 3 aromatic rings. The summed E-state index contributed by atoms with van der Waals surface area (Å²) in [6.07, 6.45) is 1.31. The first-order valence-electron chi connectivity index (χ1n) is 8.63. The van der Waals surface area contributed by atoms with Crippen molar-refractivity contribution in [2.45, 2.75) is 12.5 Å². The van der Waals surface area contributed by atoms with Crippen molar-refractivity contribution in [2.75, 3.05) is 11.5 Å².